The van der Waals surface area contributed by atoms with Gasteiger partial charge in [-0.15, -0.1) is 0 Å². The number of amides is 2. The summed E-state index contributed by atoms with van der Waals surface area (Å²) in [6.07, 6.45) is 1.62. The lowest BCUT2D eigenvalue weighted by molar-refractivity contribution is -0.132. The lowest BCUT2D eigenvalue weighted by atomic mass is 10.1. The first-order valence-electron chi connectivity index (χ1n) is 13.3. The standard InChI is InChI=1S/C21H28FN2O4P.C8H7ClFNO/c1-5-27-29(28-6-2)17-7-8-18-19(15(4)25)12-23(20(18)10-17)13-21(26)24-11-16(22)9-14(24)3;9-7-3-1-2-6(8(7)10)4-11-5-12/h7-8,10,12,14,16H,5-6,9,11,13H2,1-4H3;1-3,5H,4H2,(H,11,12)/t14-,16-;/m1./s1. The first-order valence-corrected chi connectivity index (χ1v) is 14.9. The predicted molar refractivity (Wildman–Crippen MR) is 157 cm³/mol. The average molecular weight is 610 g/mol. The summed E-state index contributed by atoms with van der Waals surface area (Å²) in [7, 11) is -1.23. The van der Waals surface area contributed by atoms with Gasteiger partial charge in [0, 0.05) is 47.0 Å². The number of likely N-dealkylation sites (tertiary alicyclic amines) is 1. The summed E-state index contributed by atoms with van der Waals surface area (Å²) in [5.41, 5.74) is 1.72. The summed E-state index contributed by atoms with van der Waals surface area (Å²) in [5.74, 6) is -0.690. The van der Waals surface area contributed by atoms with Gasteiger partial charge in [0.1, 0.15) is 18.5 Å². The van der Waals surface area contributed by atoms with Crippen LogP contribution < -0.4 is 10.6 Å². The number of fused-ring (bicyclic) bond motifs is 1. The van der Waals surface area contributed by atoms with Crippen molar-refractivity contribution in [1.82, 2.24) is 14.8 Å². The minimum absolute atomic E-state index is 0.0610. The van der Waals surface area contributed by atoms with Gasteiger partial charge in [0.25, 0.3) is 0 Å². The van der Waals surface area contributed by atoms with Crippen LogP contribution in [0.2, 0.25) is 5.02 Å². The molecule has 1 N–H and O–H groups in total. The van der Waals surface area contributed by atoms with E-state index in [4.69, 9.17) is 20.6 Å². The normalized spacial score (nSPS) is 16.5. The van der Waals surface area contributed by atoms with Crippen LogP contribution in [0.25, 0.3) is 10.9 Å². The molecule has 1 fully saturated rings. The molecular weight excluding hydrogens is 575 g/mol. The Morgan fingerprint density at radius 2 is 1.90 bits per heavy atom. The molecule has 2 heterocycles. The van der Waals surface area contributed by atoms with E-state index in [1.165, 1.54) is 13.0 Å². The maximum atomic E-state index is 13.7. The Morgan fingerprint density at radius 3 is 2.49 bits per heavy atom. The molecule has 2 atom stereocenters. The van der Waals surface area contributed by atoms with Crippen molar-refractivity contribution in [3.8, 4) is 0 Å². The average Bonchev–Trinajstić information content (AvgIpc) is 3.48. The van der Waals surface area contributed by atoms with Crippen LogP contribution in [0.5, 0.6) is 0 Å². The molecule has 222 valence electrons. The van der Waals surface area contributed by atoms with Crippen molar-refractivity contribution >= 4 is 54.3 Å². The van der Waals surface area contributed by atoms with Crippen molar-refractivity contribution in [3.63, 3.8) is 0 Å². The summed E-state index contributed by atoms with van der Waals surface area (Å²) >= 11 is 5.50. The zero-order valence-electron chi connectivity index (χ0n) is 23.5. The third-order valence-electron chi connectivity index (χ3n) is 6.51. The molecule has 1 saturated heterocycles. The molecule has 3 aromatic rings. The summed E-state index contributed by atoms with van der Waals surface area (Å²) in [6, 6.07) is 10.3. The van der Waals surface area contributed by atoms with Gasteiger partial charge in [-0.3, -0.25) is 14.4 Å². The van der Waals surface area contributed by atoms with Crippen LogP contribution in [0.1, 0.15) is 50.0 Å². The maximum Gasteiger partial charge on any atom is 0.242 e. The van der Waals surface area contributed by atoms with Gasteiger partial charge in [-0.05, 0) is 45.9 Å². The fraction of sp³-hybridized carbons (Fsp3) is 0.414. The van der Waals surface area contributed by atoms with Crippen LogP contribution in [-0.2, 0) is 31.7 Å². The highest BCUT2D eigenvalue weighted by molar-refractivity contribution is 7.56. The number of carbonyl (C=O) groups is 3. The number of hydrogen-bond donors (Lipinski definition) is 1. The SMILES string of the molecule is CCOP(OCC)c1ccc2c(C(C)=O)cn(CC(=O)N3C[C@H](F)C[C@H]3C)c2c1.O=CNCc1cccc(Cl)c1F. The topological polar surface area (TPSA) is 89.9 Å². The van der Waals surface area contributed by atoms with E-state index in [0.717, 1.165) is 16.2 Å². The highest BCUT2D eigenvalue weighted by Gasteiger charge is 2.32. The van der Waals surface area contributed by atoms with E-state index in [9.17, 15) is 23.2 Å². The molecule has 0 spiro atoms. The Labute approximate surface area is 244 Å². The van der Waals surface area contributed by atoms with Crippen molar-refractivity contribution in [2.45, 2.75) is 59.4 Å². The van der Waals surface area contributed by atoms with Crippen LogP contribution >= 0.6 is 20.0 Å². The van der Waals surface area contributed by atoms with Gasteiger partial charge < -0.3 is 23.8 Å². The largest absolute Gasteiger partial charge is 0.354 e. The fourth-order valence-corrected chi connectivity index (χ4v) is 6.07. The van der Waals surface area contributed by atoms with E-state index in [1.54, 1.807) is 27.8 Å². The highest BCUT2D eigenvalue weighted by atomic mass is 35.5. The molecule has 8 nitrogen and oxygen atoms in total. The molecule has 12 heteroatoms. The predicted octanol–water partition coefficient (Wildman–Crippen LogP) is 5.54. The maximum absolute atomic E-state index is 13.7. The van der Waals surface area contributed by atoms with Crippen LogP contribution in [0.4, 0.5) is 8.78 Å². The van der Waals surface area contributed by atoms with Crippen LogP contribution in [-0.4, -0.2) is 59.5 Å². The van der Waals surface area contributed by atoms with Crippen molar-refractivity contribution < 1.29 is 32.2 Å². The van der Waals surface area contributed by atoms with Crippen molar-refractivity contribution in [2.24, 2.45) is 0 Å². The highest BCUT2D eigenvalue weighted by Crippen LogP contribution is 2.38. The molecule has 1 aromatic heterocycles. The number of ketones is 1. The Hall–Kier alpha value is -2.91. The molecule has 2 amide bonds. The molecule has 1 aliphatic rings. The van der Waals surface area contributed by atoms with Crippen LogP contribution in [0, 0.1) is 5.82 Å². The zero-order valence-corrected chi connectivity index (χ0v) is 25.2. The van der Waals surface area contributed by atoms with E-state index >= 15 is 0 Å². The molecular formula is C29H35ClF2N3O5P. The third-order valence-corrected chi connectivity index (χ3v) is 8.48. The van der Waals surface area contributed by atoms with Crippen LogP contribution in [0.3, 0.4) is 0 Å². The Bertz CT molecular complexity index is 1370. The van der Waals surface area contributed by atoms with Crippen molar-refractivity contribution in [3.05, 3.63) is 64.6 Å². The molecule has 0 aliphatic carbocycles. The second-order valence-corrected chi connectivity index (χ2v) is 11.4. The number of halogens is 3. The number of Topliss-reactive ketones (excluding diaryl/α,β-unsaturated/α-hetero) is 1. The van der Waals surface area contributed by atoms with E-state index in [1.807, 2.05) is 39.0 Å². The minimum atomic E-state index is -1.23. The molecule has 4 rings (SSSR count). The number of aromatic nitrogens is 1. The Kier molecular flexibility index (Phi) is 12.2. The summed E-state index contributed by atoms with van der Waals surface area (Å²) < 4.78 is 40.0. The number of alkyl halides is 1. The summed E-state index contributed by atoms with van der Waals surface area (Å²) in [6.45, 7) is 8.61. The number of nitrogens with one attached hydrogen (secondary N) is 1. The smallest absolute Gasteiger partial charge is 0.242 e. The molecule has 0 unspecified atom stereocenters. The van der Waals surface area contributed by atoms with Crippen LogP contribution in [0.15, 0.2) is 42.6 Å². The second kappa shape index (κ2) is 15.4. The zero-order chi connectivity index (χ0) is 30.1. The van der Waals surface area contributed by atoms with E-state index in [0.29, 0.717) is 37.2 Å². The van der Waals surface area contributed by atoms with Crippen molar-refractivity contribution in [1.29, 1.82) is 0 Å². The first kappa shape index (κ1) is 32.6. The Balaban J connectivity index is 0.000000322. The van der Waals surface area contributed by atoms with Gasteiger partial charge in [0.2, 0.25) is 20.7 Å². The summed E-state index contributed by atoms with van der Waals surface area (Å²) in [4.78, 5) is 36.4. The van der Waals surface area contributed by atoms with E-state index in [-0.39, 0.29) is 42.4 Å². The summed E-state index contributed by atoms with van der Waals surface area (Å²) in [5, 5.41) is 4.10. The number of carbonyl (C=O) groups excluding carboxylic acids is 3. The van der Waals surface area contributed by atoms with Gasteiger partial charge in [-0.25, -0.2) is 8.78 Å². The van der Waals surface area contributed by atoms with E-state index in [2.05, 4.69) is 5.32 Å². The lowest BCUT2D eigenvalue weighted by Gasteiger charge is -2.21. The van der Waals surface area contributed by atoms with Gasteiger partial charge >= 0.3 is 0 Å². The molecule has 1 aliphatic heterocycles. The molecule has 0 radical (unpaired) electrons. The number of benzene rings is 2. The first-order chi connectivity index (χ1) is 19.6. The third kappa shape index (κ3) is 8.32. The lowest BCUT2D eigenvalue weighted by Crippen LogP contribution is -2.36. The second-order valence-electron chi connectivity index (χ2n) is 9.46. The molecule has 0 saturated carbocycles. The molecule has 41 heavy (non-hydrogen) atoms. The Morgan fingerprint density at radius 1 is 1.20 bits per heavy atom. The molecule has 2 aromatic carbocycles. The van der Waals surface area contributed by atoms with Crippen molar-refractivity contribution in [2.75, 3.05) is 19.8 Å². The van der Waals surface area contributed by atoms with E-state index < -0.39 is 20.4 Å². The monoisotopic (exact) mass is 609 g/mol. The quantitative estimate of drug-likeness (QED) is 0.175. The van der Waals surface area contributed by atoms with Gasteiger partial charge in [0.05, 0.1) is 30.3 Å². The minimum Gasteiger partial charge on any atom is -0.354 e. The van der Waals surface area contributed by atoms with Gasteiger partial charge in [-0.2, -0.15) is 0 Å². The van der Waals surface area contributed by atoms with Gasteiger partial charge in [0.15, 0.2) is 5.78 Å². The number of rotatable bonds is 11. The molecule has 0 bridgehead atoms. The number of hydrogen-bond acceptors (Lipinski definition) is 5. The fourth-order valence-electron chi connectivity index (χ4n) is 4.61. The number of nitrogens with zero attached hydrogens (tertiary/aromatic N) is 2. The van der Waals surface area contributed by atoms with Gasteiger partial charge in [-0.1, -0.05) is 29.8 Å².